The first-order valence-electron chi connectivity index (χ1n) is 5.35. The summed E-state index contributed by atoms with van der Waals surface area (Å²) in [5, 5.41) is 0. The molecule has 0 N–H and O–H groups in total. The Hall–Kier alpha value is 0.109. The van der Waals surface area contributed by atoms with Crippen LogP contribution in [-0.2, 0) is 14.3 Å². The van der Waals surface area contributed by atoms with Gasteiger partial charge in [0, 0.05) is 0 Å². The zero-order valence-electron chi connectivity index (χ0n) is 9.49. The topological polar surface area (TPSA) is 35.5 Å². The number of aldehydes is 1. The number of hydrogen-bond donors (Lipinski definition) is 0. The van der Waals surface area contributed by atoms with Crippen molar-refractivity contribution < 1.29 is 14.3 Å². The van der Waals surface area contributed by atoms with Gasteiger partial charge in [0.15, 0.2) is 0 Å². The van der Waals surface area contributed by atoms with Crippen molar-refractivity contribution in [1.29, 1.82) is 0 Å². The predicted molar refractivity (Wildman–Crippen MR) is 58.3 cm³/mol. The quantitative estimate of drug-likeness (QED) is 0.578. The first-order valence-corrected chi connectivity index (χ1v) is 7.19. The van der Waals surface area contributed by atoms with Crippen LogP contribution in [0.1, 0.15) is 26.7 Å². The van der Waals surface area contributed by atoms with E-state index >= 15 is 0 Å². The summed E-state index contributed by atoms with van der Waals surface area (Å²) in [7, 11) is 1.72. The van der Waals surface area contributed by atoms with Crippen molar-refractivity contribution >= 4 is 21.2 Å². The second-order valence-corrected chi connectivity index (χ2v) is 8.36. The van der Waals surface area contributed by atoms with E-state index in [1.807, 2.05) is 6.92 Å². The third kappa shape index (κ3) is 1.78. The third-order valence-electron chi connectivity index (χ3n) is 3.58. The summed E-state index contributed by atoms with van der Waals surface area (Å²) in [5.41, 5.74) is -0.0385. The van der Waals surface area contributed by atoms with Crippen LogP contribution < -0.4 is 0 Å². The van der Waals surface area contributed by atoms with E-state index in [1.165, 1.54) is 0 Å². The fourth-order valence-electron chi connectivity index (χ4n) is 2.47. The minimum atomic E-state index is -0.244. The van der Waals surface area contributed by atoms with Crippen molar-refractivity contribution in [3.05, 3.63) is 0 Å². The average Bonchev–Trinajstić information content (AvgIpc) is 2.58. The molecule has 0 aromatic carbocycles. The molecule has 4 heteroatoms. The van der Waals surface area contributed by atoms with Crippen LogP contribution >= 0.6 is 0 Å². The van der Waals surface area contributed by atoms with Gasteiger partial charge < -0.3 is 0 Å². The molecule has 0 spiro atoms. The molecule has 2 heterocycles. The van der Waals surface area contributed by atoms with Crippen molar-refractivity contribution in [2.24, 2.45) is 0 Å². The van der Waals surface area contributed by atoms with Crippen molar-refractivity contribution in [2.75, 3.05) is 13.7 Å². The fourth-order valence-corrected chi connectivity index (χ4v) is 5.86. The minimum absolute atomic E-state index is 0.0385. The second kappa shape index (κ2) is 3.85. The fraction of sp³-hybridized carbons (Fsp3) is 0.909. The van der Waals surface area contributed by atoms with Gasteiger partial charge in [0.25, 0.3) is 0 Å². The molecule has 0 unspecified atom stereocenters. The molecular formula is C11H18O3Se. The molecule has 2 aliphatic rings. The van der Waals surface area contributed by atoms with E-state index in [9.17, 15) is 4.79 Å². The van der Waals surface area contributed by atoms with Crippen LogP contribution in [0.2, 0.25) is 9.13 Å². The zero-order valence-corrected chi connectivity index (χ0v) is 11.2. The summed E-state index contributed by atoms with van der Waals surface area (Å²) in [4.78, 5) is 11.6. The molecule has 3 nitrogen and oxygen atoms in total. The number of methoxy groups -OCH3 is 1. The number of carbonyl (C=O) groups excluding carboxylic acids is 1. The molecule has 2 bridgehead atoms. The van der Waals surface area contributed by atoms with E-state index in [0.29, 0.717) is 11.4 Å². The van der Waals surface area contributed by atoms with Crippen LogP contribution in [0, 0.1) is 0 Å². The Bertz CT molecular complexity index is 271. The summed E-state index contributed by atoms with van der Waals surface area (Å²) < 4.78 is 11.1. The molecule has 0 aliphatic carbocycles. The summed E-state index contributed by atoms with van der Waals surface area (Å²) in [6.07, 6.45) is 3.34. The van der Waals surface area contributed by atoms with E-state index < -0.39 is 0 Å². The molecule has 0 radical (unpaired) electrons. The van der Waals surface area contributed by atoms with Gasteiger partial charge in [0.2, 0.25) is 0 Å². The second-order valence-electron chi connectivity index (χ2n) is 4.82. The molecule has 0 amide bonds. The number of rotatable bonds is 3. The first kappa shape index (κ1) is 11.6. The molecule has 0 aromatic rings. The first-order chi connectivity index (χ1) is 7.04. The van der Waals surface area contributed by atoms with Gasteiger partial charge in [-0.3, -0.25) is 0 Å². The number of carbonyl (C=O) groups is 1. The van der Waals surface area contributed by atoms with Crippen molar-refractivity contribution in [1.82, 2.24) is 0 Å². The molecule has 4 atom stereocenters. The van der Waals surface area contributed by atoms with E-state index in [-0.39, 0.29) is 31.0 Å². The molecule has 0 aromatic heterocycles. The van der Waals surface area contributed by atoms with E-state index in [1.54, 1.807) is 7.11 Å². The molecule has 0 saturated carbocycles. The Morgan fingerprint density at radius 1 is 1.60 bits per heavy atom. The molecule has 86 valence electrons. The molecule has 2 saturated heterocycles. The van der Waals surface area contributed by atoms with Crippen LogP contribution in [-0.4, -0.2) is 46.7 Å². The Balaban J connectivity index is 2.22. The maximum atomic E-state index is 11.2. The Kier molecular flexibility index (Phi) is 2.97. The van der Waals surface area contributed by atoms with Crippen LogP contribution in [0.3, 0.4) is 0 Å². The normalized spacial score (nSPS) is 49.3. The number of fused-ring (bicyclic) bond motifs is 2. The molecular weight excluding hydrogens is 259 g/mol. The van der Waals surface area contributed by atoms with Crippen molar-refractivity contribution in [3.8, 4) is 0 Å². The number of ether oxygens (including phenoxy) is 2. The molecule has 2 fully saturated rings. The van der Waals surface area contributed by atoms with Gasteiger partial charge in [0.1, 0.15) is 0 Å². The van der Waals surface area contributed by atoms with Gasteiger partial charge in [-0.2, -0.15) is 0 Å². The third-order valence-corrected chi connectivity index (χ3v) is 7.33. The van der Waals surface area contributed by atoms with Gasteiger partial charge >= 0.3 is 96.8 Å². The van der Waals surface area contributed by atoms with Gasteiger partial charge in [-0.15, -0.1) is 0 Å². The van der Waals surface area contributed by atoms with Gasteiger partial charge in [-0.1, -0.05) is 0 Å². The van der Waals surface area contributed by atoms with Gasteiger partial charge in [0.05, 0.1) is 0 Å². The summed E-state index contributed by atoms with van der Waals surface area (Å²) >= 11 is 0.277. The van der Waals surface area contributed by atoms with Crippen molar-refractivity contribution in [3.63, 3.8) is 0 Å². The average molecular weight is 277 g/mol. The van der Waals surface area contributed by atoms with Crippen LogP contribution in [0.5, 0.6) is 0 Å². The Labute approximate surface area is 97.0 Å². The van der Waals surface area contributed by atoms with Crippen LogP contribution in [0.15, 0.2) is 0 Å². The molecule has 2 rings (SSSR count). The number of hydrogen-bond acceptors (Lipinski definition) is 3. The summed E-state index contributed by atoms with van der Waals surface area (Å²) in [6, 6.07) is 0. The SMILES string of the molecule is COC[C@@H]1[Se][C@@](C)(C=O)[C@H]2CC[C@]1(C)O2. The Morgan fingerprint density at radius 2 is 2.33 bits per heavy atom. The maximum absolute atomic E-state index is 11.2. The standard InChI is InChI=1S/C11H18O3Se/c1-10-5-4-8(14-10)11(2,7-12)15-9(10)6-13-3/h7-9H,4-6H2,1-3H3/t8-,9+,10+,11+/m1/s1. The van der Waals surface area contributed by atoms with E-state index in [2.05, 4.69) is 6.92 Å². The van der Waals surface area contributed by atoms with Crippen LogP contribution in [0.4, 0.5) is 0 Å². The van der Waals surface area contributed by atoms with Gasteiger partial charge in [-0.05, 0) is 0 Å². The molecule has 2 aliphatic heterocycles. The summed E-state index contributed by atoms with van der Waals surface area (Å²) in [6.45, 7) is 4.92. The monoisotopic (exact) mass is 278 g/mol. The van der Waals surface area contributed by atoms with Gasteiger partial charge in [-0.25, -0.2) is 0 Å². The predicted octanol–water partition coefficient (Wildman–Crippen LogP) is 1.45. The van der Waals surface area contributed by atoms with E-state index in [0.717, 1.165) is 19.1 Å². The van der Waals surface area contributed by atoms with Crippen molar-refractivity contribution in [2.45, 2.75) is 47.5 Å². The zero-order chi connectivity index (χ0) is 11.1. The molecule has 15 heavy (non-hydrogen) atoms. The summed E-state index contributed by atoms with van der Waals surface area (Å²) in [5.74, 6) is 0. The van der Waals surface area contributed by atoms with E-state index in [4.69, 9.17) is 9.47 Å². The Morgan fingerprint density at radius 3 is 2.93 bits per heavy atom. The van der Waals surface area contributed by atoms with Crippen LogP contribution in [0.25, 0.3) is 0 Å².